The van der Waals surface area contributed by atoms with Crippen LogP contribution < -0.4 is 20.5 Å². The lowest BCUT2D eigenvalue weighted by Crippen LogP contribution is -2.13. The van der Waals surface area contributed by atoms with Gasteiger partial charge < -0.3 is 20.5 Å². The number of ether oxygens (including phenoxy) is 2. The number of nitrogens with zero attached hydrogens (tertiary/aromatic N) is 1. The number of rotatable bonds is 7. The number of aromatic nitrogens is 1. The first kappa shape index (κ1) is 16.3. The molecule has 2 aromatic rings. The average molecular weight is 321 g/mol. The molecule has 0 saturated carbocycles. The Morgan fingerprint density at radius 3 is 2.86 bits per heavy atom. The van der Waals surface area contributed by atoms with Gasteiger partial charge in [-0.3, -0.25) is 4.79 Å². The van der Waals surface area contributed by atoms with E-state index in [1.807, 2.05) is 23.6 Å². The van der Waals surface area contributed by atoms with E-state index in [4.69, 9.17) is 15.2 Å². The minimum Gasteiger partial charge on any atom is -0.497 e. The van der Waals surface area contributed by atoms with Crippen LogP contribution in [-0.2, 0) is 4.79 Å². The van der Waals surface area contributed by atoms with Crippen LogP contribution in [0.3, 0.4) is 0 Å². The van der Waals surface area contributed by atoms with Crippen LogP contribution in [0.15, 0.2) is 23.6 Å². The van der Waals surface area contributed by atoms with Crippen LogP contribution in [0.5, 0.6) is 11.5 Å². The minimum atomic E-state index is -0.0797. The van der Waals surface area contributed by atoms with Crippen LogP contribution in [0.4, 0.5) is 5.13 Å². The minimum absolute atomic E-state index is 0.0797. The molecule has 0 bridgehead atoms. The Hall–Kier alpha value is -2.12. The average Bonchev–Trinajstić information content (AvgIpc) is 3.00. The molecule has 3 N–H and O–H groups in total. The van der Waals surface area contributed by atoms with E-state index >= 15 is 0 Å². The number of hydrogen-bond acceptors (Lipinski definition) is 6. The summed E-state index contributed by atoms with van der Waals surface area (Å²) in [7, 11) is 3.21. The highest BCUT2D eigenvalue weighted by atomic mass is 32.1. The largest absolute Gasteiger partial charge is 0.497 e. The molecule has 6 nitrogen and oxygen atoms in total. The summed E-state index contributed by atoms with van der Waals surface area (Å²) in [6, 6.07) is 5.51. The molecule has 0 saturated heterocycles. The topological polar surface area (TPSA) is 86.5 Å². The number of carbonyl (C=O) groups is 1. The zero-order valence-electron chi connectivity index (χ0n) is 12.6. The molecule has 7 heteroatoms. The Bertz CT molecular complexity index is 643. The van der Waals surface area contributed by atoms with Crippen molar-refractivity contribution in [3.63, 3.8) is 0 Å². The molecule has 0 aliphatic heterocycles. The molecule has 0 spiro atoms. The number of methoxy groups -OCH3 is 2. The third-order valence-corrected chi connectivity index (χ3v) is 3.80. The molecule has 0 aliphatic rings. The summed E-state index contributed by atoms with van der Waals surface area (Å²) < 4.78 is 10.6. The normalized spacial score (nSPS) is 10.3. The van der Waals surface area contributed by atoms with Gasteiger partial charge in [-0.1, -0.05) is 0 Å². The van der Waals surface area contributed by atoms with Gasteiger partial charge in [0.1, 0.15) is 11.5 Å². The first-order chi connectivity index (χ1) is 10.7. The van der Waals surface area contributed by atoms with Gasteiger partial charge in [0.05, 0.1) is 19.9 Å². The standard InChI is InChI=1S/C15H19N3O3S/c1-20-10-5-6-13(21-2)11(8-10)12-9-22-15(17-12)18-14(19)4-3-7-16/h5-6,8-9H,3-4,7,16H2,1-2H3,(H,17,18,19). The van der Waals surface area contributed by atoms with Crippen LogP contribution >= 0.6 is 11.3 Å². The second-order valence-corrected chi connectivity index (χ2v) is 5.40. The van der Waals surface area contributed by atoms with E-state index in [-0.39, 0.29) is 5.91 Å². The van der Waals surface area contributed by atoms with E-state index in [1.165, 1.54) is 11.3 Å². The molecule has 0 aliphatic carbocycles. The molecule has 1 aromatic heterocycles. The molecular weight excluding hydrogens is 302 g/mol. The Labute approximate surface area is 133 Å². The maximum atomic E-state index is 11.7. The lowest BCUT2D eigenvalue weighted by atomic mass is 10.1. The van der Waals surface area contributed by atoms with E-state index in [9.17, 15) is 4.79 Å². The van der Waals surface area contributed by atoms with Gasteiger partial charge in [0.15, 0.2) is 5.13 Å². The third kappa shape index (κ3) is 3.96. The van der Waals surface area contributed by atoms with E-state index in [1.54, 1.807) is 14.2 Å². The van der Waals surface area contributed by atoms with Gasteiger partial charge in [0.2, 0.25) is 5.91 Å². The molecule has 0 unspecified atom stereocenters. The van der Waals surface area contributed by atoms with Crippen LogP contribution in [0, 0.1) is 0 Å². The van der Waals surface area contributed by atoms with Crippen molar-refractivity contribution in [3.8, 4) is 22.8 Å². The van der Waals surface area contributed by atoms with Crippen molar-refractivity contribution >= 4 is 22.4 Å². The van der Waals surface area contributed by atoms with Crippen molar-refractivity contribution in [2.75, 3.05) is 26.1 Å². The zero-order chi connectivity index (χ0) is 15.9. The predicted octanol–water partition coefficient (Wildman–Crippen LogP) is 2.50. The lowest BCUT2D eigenvalue weighted by Gasteiger charge is -2.08. The lowest BCUT2D eigenvalue weighted by molar-refractivity contribution is -0.116. The van der Waals surface area contributed by atoms with E-state index in [0.29, 0.717) is 30.3 Å². The fourth-order valence-corrected chi connectivity index (χ4v) is 2.64. The number of nitrogens with one attached hydrogen (secondary N) is 1. The number of benzene rings is 1. The predicted molar refractivity (Wildman–Crippen MR) is 87.6 cm³/mol. The van der Waals surface area contributed by atoms with E-state index in [0.717, 1.165) is 17.0 Å². The number of anilines is 1. The van der Waals surface area contributed by atoms with E-state index < -0.39 is 0 Å². The van der Waals surface area contributed by atoms with Crippen molar-refractivity contribution in [1.29, 1.82) is 0 Å². The second kappa shape index (κ2) is 7.77. The van der Waals surface area contributed by atoms with Gasteiger partial charge in [-0.15, -0.1) is 11.3 Å². The number of hydrogen-bond donors (Lipinski definition) is 2. The third-order valence-electron chi connectivity index (χ3n) is 3.04. The van der Waals surface area contributed by atoms with Crippen LogP contribution in [-0.4, -0.2) is 31.7 Å². The van der Waals surface area contributed by atoms with Crippen molar-refractivity contribution in [1.82, 2.24) is 4.98 Å². The van der Waals surface area contributed by atoms with Crippen molar-refractivity contribution in [3.05, 3.63) is 23.6 Å². The Balaban J connectivity index is 2.19. The molecule has 1 aromatic carbocycles. The molecule has 22 heavy (non-hydrogen) atoms. The number of carbonyl (C=O) groups excluding carboxylic acids is 1. The summed E-state index contributed by atoms with van der Waals surface area (Å²) in [5.74, 6) is 1.34. The molecule has 0 atom stereocenters. The zero-order valence-corrected chi connectivity index (χ0v) is 13.4. The smallest absolute Gasteiger partial charge is 0.226 e. The number of amides is 1. The van der Waals surface area contributed by atoms with Crippen LogP contribution in [0.2, 0.25) is 0 Å². The summed E-state index contributed by atoms with van der Waals surface area (Å²) in [6.07, 6.45) is 1.06. The molecule has 1 heterocycles. The van der Waals surface area contributed by atoms with Crippen molar-refractivity contribution < 1.29 is 14.3 Å². The summed E-state index contributed by atoms with van der Waals surface area (Å²) in [5.41, 5.74) is 6.94. The fraction of sp³-hybridized carbons (Fsp3) is 0.333. The Kier molecular flexibility index (Phi) is 5.74. The molecule has 1 amide bonds. The van der Waals surface area contributed by atoms with Gasteiger partial charge >= 0.3 is 0 Å². The molecule has 0 radical (unpaired) electrons. The summed E-state index contributed by atoms with van der Waals surface area (Å²) in [5, 5.41) is 5.20. The quantitative estimate of drug-likeness (QED) is 0.818. The highest BCUT2D eigenvalue weighted by Crippen LogP contribution is 2.34. The maximum absolute atomic E-state index is 11.7. The van der Waals surface area contributed by atoms with Gasteiger partial charge in [-0.05, 0) is 31.2 Å². The van der Waals surface area contributed by atoms with Crippen molar-refractivity contribution in [2.24, 2.45) is 5.73 Å². The van der Waals surface area contributed by atoms with Gasteiger partial charge in [0.25, 0.3) is 0 Å². The van der Waals surface area contributed by atoms with Crippen LogP contribution in [0.25, 0.3) is 11.3 Å². The monoisotopic (exact) mass is 321 g/mol. The first-order valence-electron chi connectivity index (χ1n) is 6.85. The SMILES string of the molecule is COc1ccc(OC)c(-c2csc(NC(=O)CCCN)n2)c1. The van der Waals surface area contributed by atoms with E-state index in [2.05, 4.69) is 10.3 Å². The number of nitrogens with two attached hydrogens (primary N) is 1. The summed E-state index contributed by atoms with van der Waals surface area (Å²) in [6.45, 7) is 0.498. The van der Waals surface area contributed by atoms with Crippen molar-refractivity contribution in [2.45, 2.75) is 12.8 Å². The first-order valence-corrected chi connectivity index (χ1v) is 7.73. The molecule has 0 fully saturated rings. The summed E-state index contributed by atoms with van der Waals surface area (Å²) >= 11 is 1.37. The Morgan fingerprint density at radius 1 is 1.36 bits per heavy atom. The second-order valence-electron chi connectivity index (χ2n) is 4.54. The highest BCUT2D eigenvalue weighted by molar-refractivity contribution is 7.14. The van der Waals surface area contributed by atoms with Crippen LogP contribution in [0.1, 0.15) is 12.8 Å². The highest BCUT2D eigenvalue weighted by Gasteiger charge is 2.12. The van der Waals surface area contributed by atoms with Gasteiger partial charge in [-0.2, -0.15) is 0 Å². The number of thiazole rings is 1. The fourth-order valence-electron chi connectivity index (χ4n) is 1.91. The molecule has 118 valence electrons. The molecular formula is C15H19N3O3S. The Morgan fingerprint density at radius 2 is 2.18 bits per heavy atom. The molecule has 2 rings (SSSR count). The van der Waals surface area contributed by atoms with Gasteiger partial charge in [-0.25, -0.2) is 4.98 Å². The summed E-state index contributed by atoms with van der Waals surface area (Å²) in [4.78, 5) is 16.1. The van der Waals surface area contributed by atoms with Gasteiger partial charge in [0, 0.05) is 17.4 Å². The maximum Gasteiger partial charge on any atom is 0.226 e.